The molecule has 0 aliphatic rings. The van der Waals surface area contributed by atoms with E-state index in [1.54, 1.807) is 0 Å². The van der Waals surface area contributed by atoms with Gasteiger partial charge < -0.3 is 9.30 Å². The molecule has 0 radical (unpaired) electrons. The molecule has 0 saturated heterocycles. The van der Waals surface area contributed by atoms with E-state index in [2.05, 4.69) is 16.4 Å². The fraction of sp³-hybridized carbons (Fsp3) is 0.100. The molecule has 28 heavy (non-hydrogen) atoms. The second-order valence-corrected chi connectivity index (χ2v) is 5.77. The van der Waals surface area contributed by atoms with E-state index >= 15 is 0 Å². The van der Waals surface area contributed by atoms with Crippen LogP contribution in [-0.4, -0.2) is 28.7 Å². The van der Waals surface area contributed by atoms with Crippen LogP contribution in [0.2, 0.25) is 0 Å². The van der Waals surface area contributed by atoms with Crippen molar-refractivity contribution in [1.82, 2.24) is 9.99 Å². The maximum atomic E-state index is 12.4. The third-order valence-corrected chi connectivity index (χ3v) is 4.09. The average Bonchev–Trinajstić information content (AvgIpc) is 3.05. The zero-order chi connectivity index (χ0) is 20.1. The number of carbonyl (C=O) groups excluding carboxylic acids is 1. The van der Waals surface area contributed by atoms with Gasteiger partial charge in [-0.25, -0.2) is 5.43 Å². The van der Waals surface area contributed by atoms with Crippen molar-refractivity contribution in [2.45, 2.75) is 6.54 Å². The first kappa shape index (κ1) is 18.7. The summed E-state index contributed by atoms with van der Waals surface area (Å²) in [6.45, 7) is 0.408. The van der Waals surface area contributed by atoms with Gasteiger partial charge in [0.2, 0.25) is 0 Å². The van der Waals surface area contributed by atoms with Crippen molar-refractivity contribution >= 4 is 28.7 Å². The number of nitrogens with zero attached hydrogens (tertiary/aromatic N) is 3. The molecule has 3 rings (SSSR count). The van der Waals surface area contributed by atoms with E-state index in [4.69, 9.17) is 11.2 Å². The first-order valence-electron chi connectivity index (χ1n) is 8.22. The molecule has 1 heterocycles. The van der Waals surface area contributed by atoms with Crippen molar-refractivity contribution in [2.24, 2.45) is 5.10 Å². The van der Waals surface area contributed by atoms with Crippen LogP contribution >= 0.6 is 0 Å². The van der Waals surface area contributed by atoms with Crippen LogP contribution < -0.4 is 10.2 Å². The molecule has 0 bridgehead atoms. The fourth-order valence-electron chi connectivity index (χ4n) is 2.81. The first-order chi connectivity index (χ1) is 13.5. The highest BCUT2D eigenvalue weighted by atomic mass is 16.6. The monoisotopic (exact) mass is 376 g/mol. The Kier molecular flexibility index (Phi) is 5.37. The molecule has 0 fully saturated rings. The van der Waals surface area contributed by atoms with Crippen LogP contribution in [0.15, 0.2) is 53.8 Å². The van der Waals surface area contributed by atoms with Crippen LogP contribution in [0.4, 0.5) is 5.69 Å². The van der Waals surface area contributed by atoms with Gasteiger partial charge in [0.05, 0.1) is 30.4 Å². The van der Waals surface area contributed by atoms with Crippen molar-refractivity contribution in [1.29, 1.82) is 0 Å². The van der Waals surface area contributed by atoms with Crippen LogP contribution in [0.1, 0.15) is 15.9 Å². The number of amides is 1. The second kappa shape index (κ2) is 8.05. The molecule has 8 nitrogen and oxygen atoms in total. The molecular formula is C20H16N4O4. The van der Waals surface area contributed by atoms with Gasteiger partial charge in [0.1, 0.15) is 5.75 Å². The zero-order valence-corrected chi connectivity index (χ0v) is 15.0. The number of hydrazone groups is 1. The summed E-state index contributed by atoms with van der Waals surface area (Å²) in [5.74, 6) is 2.18. The van der Waals surface area contributed by atoms with Gasteiger partial charge in [0.25, 0.3) is 11.6 Å². The van der Waals surface area contributed by atoms with E-state index in [9.17, 15) is 14.9 Å². The number of para-hydroxylation sites is 1. The predicted octanol–water partition coefficient (Wildman–Crippen LogP) is 2.96. The lowest BCUT2D eigenvalue weighted by Crippen LogP contribution is -2.18. The topological polar surface area (TPSA) is 98.8 Å². The van der Waals surface area contributed by atoms with Crippen molar-refractivity contribution in [3.05, 3.63) is 69.9 Å². The Morgan fingerprint density at radius 1 is 1.39 bits per heavy atom. The Bertz CT molecular complexity index is 1120. The highest BCUT2D eigenvalue weighted by molar-refractivity contribution is 6.01. The van der Waals surface area contributed by atoms with Gasteiger partial charge in [-0.05, 0) is 12.1 Å². The number of nitrogens with one attached hydrogen (secondary N) is 1. The van der Waals surface area contributed by atoms with E-state index in [0.29, 0.717) is 6.54 Å². The lowest BCUT2D eigenvalue weighted by atomic mass is 10.1. The summed E-state index contributed by atoms with van der Waals surface area (Å²) in [6, 6.07) is 11.4. The Hall–Kier alpha value is -4.12. The molecular weight excluding hydrogens is 360 g/mol. The Morgan fingerprint density at radius 2 is 2.18 bits per heavy atom. The van der Waals surface area contributed by atoms with E-state index < -0.39 is 10.8 Å². The predicted molar refractivity (Wildman–Crippen MR) is 105 cm³/mol. The highest BCUT2D eigenvalue weighted by Gasteiger charge is 2.17. The third-order valence-electron chi connectivity index (χ3n) is 4.09. The van der Waals surface area contributed by atoms with Gasteiger partial charge in [-0.1, -0.05) is 24.1 Å². The number of nitro groups is 1. The zero-order valence-electron chi connectivity index (χ0n) is 15.0. The standard InChI is InChI=1S/C20H16N4O4/c1-3-10-23-13-14(16-6-4-5-7-18(16)23)12-21-22-20(25)17-11-15(24(26)27)8-9-19(17)28-2/h1,4-9,11-13H,10H2,2H3,(H,22,25)/b21-12-. The summed E-state index contributed by atoms with van der Waals surface area (Å²) in [5.41, 5.74) is 3.90. The van der Waals surface area contributed by atoms with Gasteiger partial charge in [0.15, 0.2) is 0 Å². The maximum absolute atomic E-state index is 12.4. The van der Waals surface area contributed by atoms with Crippen molar-refractivity contribution in [3.8, 4) is 18.1 Å². The largest absolute Gasteiger partial charge is 0.496 e. The summed E-state index contributed by atoms with van der Waals surface area (Å²) in [4.78, 5) is 22.8. The quantitative estimate of drug-likeness (QED) is 0.309. The number of nitro benzene ring substituents is 1. The summed E-state index contributed by atoms with van der Waals surface area (Å²) in [5, 5.41) is 15.9. The van der Waals surface area contributed by atoms with Gasteiger partial charge in [0, 0.05) is 34.8 Å². The molecule has 0 aliphatic heterocycles. The number of fused-ring (bicyclic) bond motifs is 1. The molecule has 1 amide bonds. The Labute approximate surface area is 160 Å². The first-order valence-corrected chi connectivity index (χ1v) is 8.22. The molecule has 140 valence electrons. The highest BCUT2D eigenvalue weighted by Crippen LogP contribution is 2.24. The summed E-state index contributed by atoms with van der Waals surface area (Å²) in [7, 11) is 1.38. The normalized spacial score (nSPS) is 10.7. The van der Waals surface area contributed by atoms with Crippen molar-refractivity contribution in [3.63, 3.8) is 0 Å². The minimum Gasteiger partial charge on any atom is -0.496 e. The van der Waals surface area contributed by atoms with Crippen LogP contribution in [0.3, 0.4) is 0 Å². The molecule has 0 unspecified atom stereocenters. The minimum absolute atomic E-state index is 0.0172. The number of terminal acetylenes is 1. The lowest BCUT2D eigenvalue weighted by molar-refractivity contribution is -0.384. The minimum atomic E-state index is -0.621. The van der Waals surface area contributed by atoms with Crippen LogP contribution in [-0.2, 0) is 6.54 Å². The summed E-state index contributed by atoms with van der Waals surface area (Å²) in [6.07, 6.45) is 8.74. The van der Waals surface area contributed by atoms with Crippen LogP contribution in [0.5, 0.6) is 5.75 Å². The number of ether oxygens (including phenoxy) is 1. The summed E-state index contributed by atoms with van der Waals surface area (Å²) < 4.78 is 7.00. The number of carbonyl (C=O) groups is 1. The Morgan fingerprint density at radius 3 is 2.89 bits per heavy atom. The molecule has 1 aromatic heterocycles. The number of hydrogen-bond donors (Lipinski definition) is 1. The second-order valence-electron chi connectivity index (χ2n) is 5.77. The van der Waals surface area contributed by atoms with E-state index in [1.165, 1.54) is 25.5 Å². The molecule has 0 aliphatic carbocycles. The third kappa shape index (κ3) is 3.68. The van der Waals surface area contributed by atoms with Crippen molar-refractivity contribution in [2.75, 3.05) is 7.11 Å². The number of non-ortho nitro benzene ring substituents is 1. The molecule has 3 aromatic rings. The van der Waals surface area contributed by atoms with E-state index in [0.717, 1.165) is 22.5 Å². The Balaban J connectivity index is 1.85. The van der Waals surface area contributed by atoms with Gasteiger partial charge >= 0.3 is 0 Å². The lowest BCUT2D eigenvalue weighted by Gasteiger charge is -2.06. The molecule has 1 N–H and O–H groups in total. The fourth-order valence-corrected chi connectivity index (χ4v) is 2.81. The number of rotatable bonds is 6. The molecule has 2 aromatic carbocycles. The number of benzene rings is 2. The van der Waals surface area contributed by atoms with Crippen LogP contribution in [0, 0.1) is 22.5 Å². The average molecular weight is 376 g/mol. The van der Waals surface area contributed by atoms with Gasteiger partial charge in [-0.15, -0.1) is 6.42 Å². The smallest absolute Gasteiger partial charge is 0.275 e. The SMILES string of the molecule is C#CCn1cc(/C=N\NC(=O)c2cc([N+](=O)[O-])ccc2OC)c2ccccc21. The number of aromatic nitrogens is 1. The maximum Gasteiger partial charge on any atom is 0.275 e. The molecule has 0 saturated carbocycles. The van der Waals surface area contributed by atoms with Gasteiger partial charge in [-0.3, -0.25) is 14.9 Å². The number of hydrogen-bond acceptors (Lipinski definition) is 5. The van der Waals surface area contributed by atoms with E-state index in [-0.39, 0.29) is 17.0 Å². The summed E-state index contributed by atoms with van der Waals surface area (Å²) >= 11 is 0. The van der Waals surface area contributed by atoms with Gasteiger partial charge in [-0.2, -0.15) is 5.10 Å². The van der Waals surface area contributed by atoms with E-state index in [1.807, 2.05) is 35.0 Å². The molecule has 0 atom stereocenters. The molecule has 8 heteroatoms. The van der Waals surface area contributed by atoms with Crippen molar-refractivity contribution < 1.29 is 14.5 Å². The molecule has 0 spiro atoms. The number of methoxy groups -OCH3 is 1. The van der Waals surface area contributed by atoms with Crippen LogP contribution in [0.25, 0.3) is 10.9 Å².